The summed E-state index contributed by atoms with van der Waals surface area (Å²) in [5.41, 5.74) is 0.759. The number of nitrogens with one attached hydrogen (secondary N) is 3. The summed E-state index contributed by atoms with van der Waals surface area (Å²) in [5, 5.41) is 18.8. The largest absolute Gasteiger partial charge is 0.493 e. The molecule has 4 heterocycles. The van der Waals surface area contributed by atoms with Gasteiger partial charge in [-0.15, -0.1) is 0 Å². The van der Waals surface area contributed by atoms with Gasteiger partial charge in [0.2, 0.25) is 5.88 Å². The van der Waals surface area contributed by atoms with E-state index in [4.69, 9.17) is 26.3 Å². The predicted molar refractivity (Wildman–Crippen MR) is 146 cm³/mol. The van der Waals surface area contributed by atoms with Crippen LogP contribution in [0.2, 0.25) is 5.02 Å². The maximum Gasteiger partial charge on any atom is 0.410 e. The highest BCUT2D eigenvalue weighted by Gasteiger charge is 2.31. The zero-order valence-electron chi connectivity index (χ0n) is 21.7. The Labute approximate surface area is 228 Å². The first-order chi connectivity index (χ1) is 18.6. The number of carbonyl (C=O) groups excluding carboxylic acids is 1. The number of nitrogens with zero attached hydrogens (tertiary/aromatic N) is 5. The topological polar surface area (TPSA) is 153 Å². The molecular formula is C26H29ClN8O4. The highest BCUT2D eigenvalue weighted by Crippen LogP contribution is 2.21. The van der Waals surface area contributed by atoms with Crippen LogP contribution in [-0.4, -0.2) is 65.4 Å². The van der Waals surface area contributed by atoms with Crippen LogP contribution in [0.4, 0.5) is 16.3 Å². The molecular weight excluding hydrogens is 524 g/mol. The van der Waals surface area contributed by atoms with E-state index in [1.807, 2.05) is 32.9 Å². The summed E-state index contributed by atoms with van der Waals surface area (Å²) in [4.78, 5) is 40.4. The molecule has 5 rings (SSSR count). The molecule has 12 nitrogen and oxygen atoms in total. The fourth-order valence-electron chi connectivity index (χ4n) is 4.39. The number of carbonyl (C=O) groups is 1. The summed E-state index contributed by atoms with van der Waals surface area (Å²) in [6.45, 7) is 6.49. The molecule has 0 radical (unpaired) electrons. The van der Waals surface area contributed by atoms with E-state index in [2.05, 4.69) is 20.4 Å². The van der Waals surface area contributed by atoms with Crippen molar-refractivity contribution >= 4 is 40.9 Å². The van der Waals surface area contributed by atoms with Crippen LogP contribution in [0.3, 0.4) is 0 Å². The molecule has 1 saturated heterocycles. The van der Waals surface area contributed by atoms with Crippen molar-refractivity contribution in [1.29, 1.82) is 0 Å². The van der Waals surface area contributed by atoms with Crippen LogP contribution in [0.25, 0.3) is 11.7 Å². The molecule has 4 N–H and O–H groups in total. The number of rotatable bonds is 5. The molecule has 1 fully saturated rings. The van der Waals surface area contributed by atoms with Gasteiger partial charge >= 0.3 is 11.8 Å². The summed E-state index contributed by atoms with van der Waals surface area (Å²) in [7, 11) is 0. The molecule has 1 aliphatic rings. The quantitative estimate of drug-likeness (QED) is 0.297. The van der Waals surface area contributed by atoms with Crippen molar-refractivity contribution in [1.82, 2.24) is 29.5 Å². The molecule has 0 spiro atoms. The normalized spacial score (nSPS) is 16.8. The zero-order chi connectivity index (χ0) is 27.7. The van der Waals surface area contributed by atoms with Gasteiger partial charge in [0.05, 0.1) is 18.8 Å². The molecule has 1 unspecified atom stereocenters. The highest BCUT2D eigenvalue weighted by atomic mass is 35.5. The molecule has 204 valence electrons. The fraction of sp³-hybridized carbons (Fsp3) is 0.346. The second-order valence-electron chi connectivity index (χ2n) is 10.3. The number of aromatic amines is 2. The Morgan fingerprint density at radius 2 is 2.15 bits per heavy atom. The van der Waals surface area contributed by atoms with Crippen molar-refractivity contribution in [3.05, 3.63) is 68.4 Å². The van der Waals surface area contributed by atoms with Gasteiger partial charge in [0.1, 0.15) is 17.1 Å². The van der Waals surface area contributed by atoms with Crippen molar-refractivity contribution in [2.75, 3.05) is 18.4 Å². The third-order valence-corrected chi connectivity index (χ3v) is 6.32. The average molecular weight is 553 g/mol. The number of hydrogen-bond donors (Lipinski definition) is 4. The average Bonchev–Trinajstić information content (AvgIpc) is 3.56. The molecule has 39 heavy (non-hydrogen) atoms. The van der Waals surface area contributed by atoms with Crippen molar-refractivity contribution in [2.45, 2.75) is 45.3 Å². The number of aromatic nitrogens is 5. The Balaban J connectivity index is 1.55. The van der Waals surface area contributed by atoms with Crippen LogP contribution in [0.1, 0.15) is 39.3 Å². The van der Waals surface area contributed by atoms with Crippen molar-refractivity contribution in [2.24, 2.45) is 4.99 Å². The van der Waals surface area contributed by atoms with Crippen LogP contribution in [0.5, 0.6) is 5.88 Å². The number of anilines is 2. The Hall–Kier alpha value is -4.32. The number of fused-ring (bicyclic) bond motifs is 1. The van der Waals surface area contributed by atoms with Gasteiger partial charge in [-0.2, -0.15) is 9.61 Å². The molecule has 1 atom stereocenters. The fourth-order valence-corrected chi connectivity index (χ4v) is 4.58. The molecule has 1 aromatic carbocycles. The Morgan fingerprint density at radius 1 is 1.33 bits per heavy atom. The van der Waals surface area contributed by atoms with E-state index in [9.17, 15) is 14.7 Å². The van der Waals surface area contributed by atoms with Gasteiger partial charge in [-0.05, 0) is 57.9 Å². The van der Waals surface area contributed by atoms with Crippen LogP contribution in [0, 0.1) is 0 Å². The van der Waals surface area contributed by atoms with Crippen molar-refractivity contribution < 1.29 is 14.6 Å². The number of H-pyrrole nitrogens is 2. The van der Waals surface area contributed by atoms with E-state index >= 15 is 0 Å². The number of amides is 1. The zero-order valence-corrected chi connectivity index (χ0v) is 22.5. The lowest BCUT2D eigenvalue weighted by molar-refractivity contribution is 0.0232. The molecule has 3 aromatic heterocycles. The van der Waals surface area contributed by atoms with E-state index in [-0.39, 0.29) is 23.7 Å². The van der Waals surface area contributed by atoms with Crippen LogP contribution in [-0.2, 0) is 4.74 Å². The SMILES string of the molecule is CC(C)(C)OC(=O)N1CCCC1CN=c1cc(Nc2cccc(Cl)c2)nc2c(=Cc3[nH]c(=O)[nH]c3O)cnn12. The van der Waals surface area contributed by atoms with E-state index in [1.54, 1.807) is 39.9 Å². The van der Waals surface area contributed by atoms with Gasteiger partial charge < -0.3 is 25.0 Å². The maximum atomic E-state index is 12.7. The smallest absolute Gasteiger partial charge is 0.410 e. The Kier molecular flexibility index (Phi) is 7.04. The third-order valence-electron chi connectivity index (χ3n) is 6.08. The van der Waals surface area contributed by atoms with Crippen LogP contribution in [0.15, 0.2) is 46.3 Å². The monoisotopic (exact) mass is 552 g/mol. The Bertz CT molecular complexity index is 1700. The third kappa shape index (κ3) is 6.06. The van der Waals surface area contributed by atoms with Crippen LogP contribution >= 0.6 is 11.6 Å². The van der Waals surface area contributed by atoms with Gasteiger partial charge in [-0.1, -0.05) is 17.7 Å². The molecule has 1 amide bonds. The van der Waals surface area contributed by atoms with Crippen LogP contribution < -0.4 is 21.7 Å². The lowest BCUT2D eigenvalue weighted by Gasteiger charge is -2.27. The van der Waals surface area contributed by atoms with Gasteiger partial charge in [0.15, 0.2) is 11.1 Å². The number of benzene rings is 1. The first-order valence-corrected chi connectivity index (χ1v) is 12.9. The molecule has 13 heteroatoms. The lowest BCUT2D eigenvalue weighted by atomic mass is 10.2. The molecule has 0 aliphatic carbocycles. The molecule has 0 saturated carbocycles. The predicted octanol–water partition coefficient (Wildman–Crippen LogP) is 2.70. The Morgan fingerprint density at radius 3 is 2.87 bits per heavy atom. The lowest BCUT2D eigenvalue weighted by Crippen LogP contribution is -2.41. The minimum absolute atomic E-state index is 0.115. The second kappa shape index (κ2) is 10.4. The van der Waals surface area contributed by atoms with Crippen molar-refractivity contribution in [3.8, 4) is 5.88 Å². The number of likely N-dealkylation sites (tertiary alicyclic amines) is 1. The summed E-state index contributed by atoms with van der Waals surface area (Å²) in [6.07, 6.45) is 4.46. The first kappa shape index (κ1) is 26.3. The number of imidazole rings is 1. The highest BCUT2D eigenvalue weighted by molar-refractivity contribution is 6.30. The van der Waals surface area contributed by atoms with E-state index < -0.39 is 11.3 Å². The molecule has 4 aromatic rings. The summed E-state index contributed by atoms with van der Waals surface area (Å²) in [5.74, 6) is 0.196. The van der Waals surface area contributed by atoms with Gasteiger partial charge in [0, 0.05) is 28.5 Å². The van der Waals surface area contributed by atoms with E-state index in [0.29, 0.717) is 40.3 Å². The molecule has 0 bridgehead atoms. The molecule has 1 aliphatic heterocycles. The minimum atomic E-state index is -0.584. The van der Waals surface area contributed by atoms with Crippen molar-refractivity contribution in [3.63, 3.8) is 0 Å². The van der Waals surface area contributed by atoms with Gasteiger partial charge in [-0.25, -0.2) is 14.6 Å². The number of aromatic hydroxyl groups is 1. The van der Waals surface area contributed by atoms with E-state index in [1.165, 1.54) is 0 Å². The first-order valence-electron chi connectivity index (χ1n) is 12.5. The number of hydrogen-bond acceptors (Lipinski definition) is 8. The summed E-state index contributed by atoms with van der Waals surface area (Å²) >= 11 is 6.16. The number of halogens is 1. The van der Waals surface area contributed by atoms with Gasteiger partial charge in [0.25, 0.3) is 0 Å². The number of ether oxygens (including phenoxy) is 1. The van der Waals surface area contributed by atoms with Gasteiger partial charge in [-0.3, -0.25) is 9.98 Å². The maximum absolute atomic E-state index is 12.7. The minimum Gasteiger partial charge on any atom is -0.493 e. The summed E-state index contributed by atoms with van der Waals surface area (Å²) < 4.78 is 7.16. The summed E-state index contributed by atoms with van der Waals surface area (Å²) in [6, 6.07) is 8.87. The second-order valence-corrected chi connectivity index (χ2v) is 10.7. The standard InChI is InChI=1S/C26H29ClN8O4/c1-26(2,3)39-25(38)34-9-5-8-18(34)14-28-21-12-20(30-17-7-4-6-16(27)11-17)32-22-15(13-29-35(21)22)10-19-23(36)33-24(37)31-19/h4,6-7,10-13,18,30,36H,5,8-9,14H2,1-3H3,(H2,31,33,37). The van der Waals surface area contributed by atoms with E-state index in [0.717, 1.165) is 18.5 Å².